The Kier molecular flexibility index (Phi) is 4.05. The predicted molar refractivity (Wildman–Crippen MR) is 77.4 cm³/mol. The average Bonchev–Trinajstić information content (AvgIpc) is 3.07. The first-order valence-electron chi connectivity index (χ1n) is 7.73. The van der Waals surface area contributed by atoms with Gasteiger partial charge in [0.15, 0.2) is 0 Å². The molecule has 1 aliphatic carbocycles. The number of imide groups is 1. The molecule has 1 saturated heterocycles. The molecule has 1 N–H and O–H groups in total. The lowest BCUT2D eigenvalue weighted by molar-refractivity contribution is -0.137. The number of likely N-dealkylation sites (tertiary alicyclic amines) is 1. The maximum Gasteiger partial charge on any atom is 0.246 e. The Labute approximate surface area is 124 Å². The van der Waals surface area contributed by atoms with Crippen molar-refractivity contribution in [2.24, 2.45) is 0 Å². The van der Waals surface area contributed by atoms with E-state index in [9.17, 15) is 9.59 Å². The van der Waals surface area contributed by atoms with Crippen LogP contribution in [0.5, 0.6) is 0 Å². The van der Waals surface area contributed by atoms with Gasteiger partial charge in [0.1, 0.15) is 0 Å². The topological polar surface area (TPSA) is 67.2 Å². The fourth-order valence-electron chi connectivity index (χ4n) is 3.16. The van der Waals surface area contributed by atoms with Crippen molar-refractivity contribution >= 4 is 11.8 Å². The molecule has 2 fully saturated rings. The smallest absolute Gasteiger partial charge is 0.246 e. The van der Waals surface area contributed by atoms with Crippen LogP contribution in [0.4, 0.5) is 0 Å². The summed E-state index contributed by atoms with van der Waals surface area (Å²) in [5, 5.41) is 7.74. The van der Waals surface area contributed by atoms with Gasteiger partial charge in [-0.05, 0) is 18.9 Å². The number of likely N-dealkylation sites (N-methyl/N-ethyl adjacent to an activating group) is 1. The second kappa shape index (κ2) is 5.97. The van der Waals surface area contributed by atoms with Crippen LogP contribution in [0.3, 0.4) is 0 Å². The molecule has 0 spiro atoms. The molecule has 1 saturated carbocycles. The molecule has 1 aromatic rings. The lowest BCUT2D eigenvalue weighted by Gasteiger charge is -2.21. The summed E-state index contributed by atoms with van der Waals surface area (Å²) in [5.74, 6) is -0.267. The van der Waals surface area contributed by atoms with Crippen molar-refractivity contribution in [2.45, 2.75) is 57.2 Å². The number of nitrogens with zero attached hydrogens (tertiary/aromatic N) is 3. The van der Waals surface area contributed by atoms with Gasteiger partial charge in [-0.25, -0.2) is 0 Å². The minimum absolute atomic E-state index is 0.120. The van der Waals surface area contributed by atoms with E-state index >= 15 is 0 Å². The number of carbonyl (C=O) groups excluding carboxylic acids is 2. The van der Waals surface area contributed by atoms with Crippen LogP contribution in [0.1, 0.15) is 50.3 Å². The van der Waals surface area contributed by atoms with Gasteiger partial charge in [0.25, 0.3) is 0 Å². The molecule has 6 heteroatoms. The summed E-state index contributed by atoms with van der Waals surface area (Å²) in [6, 6.07) is 2.11. The van der Waals surface area contributed by atoms with Gasteiger partial charge >= 0.3 is 0 Å². The Morgan fingerprint density at radius 3 is 2.71 bits per heavy atom. The Balaban J connectivity index is 1.55. The van der Waals surface area contributed by atoms with Gasteiger partial charge in [-0.1, -0.05) is 19.3 Å². The van der Waals surface area contributed by atoms with Gasteiger partial charge in [-0.15, -0.1) is 0 Å². The number of aromatic nitrogens is 2. The van der Waals surface area contributed by atoms with Crippen LogP contribution in [-0.4, -0.2) is 39.6 Å². The van der Waals surface area contributed by atoms with Crippen molar-refractivity contribution in [3.8, 4) is 0 Å². The standard InChI is InChI=1S/C15H22N4O2/c1-18-14(20)9-13(15(18)21)16-10-11-7-8-19(17-11)12-5-3-2-4-6-12/h7-8,12-13,16H,2-6,9-10H2,1H3. The SMILES string of the molecule is CN1C(=O)CC(NCc2ccn(C3CCCCC3)n2)C1=O. The third kappa shape index (κ3) is 3.00. The zero-order valence-electron chi connectivity index (χ0n) is 12.4. The number of amides is 2. The molecule has 3 rings (SSSR count). The highest BCUT2D eigenvalue weighted by Gasteiger charge is 2.35. The first-order valence-corrected chi connectivity index (χ1v) is 7.73. The van der Waals surface area contributed by atoms with Crippen LogP contribution in [0.2, 0.25) is 0 Å². The Morgan fingerprint density at radius 2 is 2.05 bits per heavy atom. The average molecular weight is 290 g/mol. The molecular weight excluding hydrogens is 268 g/mol. The summed E-state index contributed by atoms with van der Waals surface area (Å²) in [6.07, 6.45) is 8.58. The normalized spacial score (nSPS) is 24.0. The lowest BCUT2D eigenvalue weighted by atomic mass is 9.96. The summed E-state index contributed by atoms with van der Waals surface area (Å²) in [7, 11) is 1.53. The summed E-state index contributed by atoms with van der Waals surface area (Å²) in [5.41, 5.74) is 0.926. The zero-order chi connectivity index (χ0) is 14.8. The molecule has 0 aromatic carbocycles. The van der Waals surface area contributed by atoms with E-state index < -0.39 is 6.04 Å². The van der Waals surface area contributed by atoms with Gasteiger partial charge < -0.3 is 0 Å². The van der Waals surface area contributed by atoms with Crippen LogP contribution < -0.4 is 5.32 Å². The van der Waals surface area contributed by atoms with Crippen molar-refractivity contribution in [3.05, 3.63) is 18.0 Å². The largest absolute Gasteiger partial charge is 0.300 e. The Bertz CT molecular complexity index is 534. The van der Waals surface area contributed by atoms with E-state index in [1.165, 1.54) is 44.1 Å². The molecule has 1 aromatic heterocycles. The van der Waals surface area contributed by atoms with Crippen molar-refractivity contribution in [1.82, 2.24) is 20.0 Å². The molecule has 1 unspecified atom stereocenters. The van der Waals surface area contributed by atoms with Crippen molar-refractivity contribution in [2.75, 3.05) is 7.05 Å². The molecule has 1 aliphatic heterocycles. The first-order chi connectivity index (χ1) is 10.1. The quantitative estimate of drug-likeness (QED) is 0.847. The molecular formula is C15H22N4O2. The van der Waals surface area contributed by atoms with E-state index in [0.717, 1.165) is 5.69 Å². The van der Waals surface area contributed by atoms with Gasteiger partial charge in [0, 0.05) is 19.8 Å². The fraction of sp³-hybridized carbons (Fsp3) is 0.667. The maximum atomic E-state index is 11.8. The van der Waals surface area contributed by atoms with Gasteiger partial charge in [0.2, 0.25) is 11.8 Å². The highest BCUT2D eigenvalue weighted by molar-refractivity contribution is 6.05. The van der Waals surface area contributed by atoms with E-state index in [1.54, 1.807) is 0 Å². The van der Waals surface area contributed by atoms with Crippen molar-refractivity contribution in [1.29, 1.82) is 0 Å². The number of hydrogen-bond acceptors (Lipinski definition) is 4. The van der Waals surface area contributed by atoms with Crippen LogP contribution >= 0.6 is 0 Å². The van der Waals surface area contributed by atoms with Crippen molar-refractivity contribution in [3.63, 3.8) is 0 Å². The molecule has 0 bridgehead atoms. The minimum Gasteiger partial charge on any atom is -0.300 e. The monoisotopic (exact) mass is 290 g/mol. The molecule has 1 atom stereocenters. The molecule has 0 radical (unpaired) electrons. The van der Waals surface area contributed by atoms with E-state index in [2.05, 4.69) is 15.1 Å². The van der Waals surface area contributed by atoms with Crippen LogP contribution in [-0.2, 0) is 16.1 Å². The third-order valence-corrected chi connectivity index (χ3v) is 4.52. The zero-order valence-corrected chi connectivity index (χ0v) is 12.4. The minimum atomic E-state index is -0.401. The number of nitrogens with one attached hydrogen (secondary N) is 1. The fourth-order valence-corrected chi connectivity index (χ4v) is 3.16. The van der Waals surface area contributed by atoms with Gasteiger partial charge in [-0.3, -0.25) is 24.5 Å². The summed E-state index contributed by atoms with van der Waals surface area (Å²) in [4.78, 5) is 24.5. The Morgan fingerprint density at radius 1 is 1.29 bits per heavy atom. The first kappa shape index (κ1) is 14.3. The Hall–Kier alpha value is -1.69. The van der Waals surface area contributed by atoms with Crippen molar-refractivity contribution < 1.29 is 9.59 Å². The third-order valence-electron chi connectivity index (χ3n) is 4.52. The van der Waals surface area contributed by atoms with E-state index in [0.29, 0.717) is 12.6 Å². The molecule has 6 nitrogen and oxygen atoms in total. The highest BCUT2D eigenvalue weighted by Crippen LogP contribution is 2.27. The lowest BCUT2D eigenvalue weighted by Crippen LogP contribution is -2.36. The summed E-state index contributed by atoms with van der Waals surface area (Å²) < 4.78 is 2.06. The number of hydrogen-bond donors (Lipinski definition) is 1. The molecule has 2 amide bonds. The number of carbonyl (C=O) groups is 2. The van der Waals surface area contributed by atoms with Crippen LogP contribution in [0.25, 0.3) is 0 Å². The summed E-state index contributed by atoms with van der Waals surface area (Å²) >= 11 is 0. The van der Waals surface area contributed by atoms with Gasteiger partial charge in [0.05, 0.1) is 24.2 Å². The van der Waals surface area contributed by atoms with Crippen LogP contribution in [0, 0.1) is 0 Å². The highest BCUT2D eigenvalue weighted by atomic mass is 16.2. The van der Waals surface area contributed by atoms with Gasteiger partial charge in [-0.2, -0.15) is 5.10 Å². The van der Waals surface area contributed by atoms with E-state index in [-0.39, 0.29) is 18.2 Å². The second-order valence-corrected chi connectivity index (χ2v) is 6.01. The summed E-state index contributed by atoms with van der Waals surface area (Å²) in [6.45, 7) is 0.525. The molecule has 2 heterocycles. The van der Waals surface area contributed by atoms with E-state index in [1.807, 2.05) is 12.3 Å². The molecule has 114 valence electrons. The number of rotatable bonds is 4. The second-order valence-electron chi connectivity index (χ2n) is 6.01. The molecule has 21 heavy (non-hydrogen) atoms. The molecule has 2 aliphatic rings. The maximum absolute atomic E-state index is 11.8. The van der Waals surface area contributed by atoms with E-state index in [4.69, 9.17) is 0 Å². The predicted octanol–water partition coefficient (Wildman–Crippen LogP) is 1.24. The van der Waals surface area contributed by atoms with Crippen LogP contribution in [0.15, 0.2) is 12.3 Å².